The molecule has 0 radical (unpaired) electrons. The minimum Gasteiger partial charge on any atom is -0.469 e. The summed E-state index contributed by atoms with van der Waals surface area (Å²) in [7, 11) is 2.54. The van der Waals surface area contributed by atoms with Gasteiger partial charge in [-0.05, 0) is 12.8 Å². The van der Waals surface area contributed by atoms with Crippen LogP contribution in [-0.2, 0) is 85.9 Å². The predicted octanol–water partition coefficient (Wildman–Crippen LogP) is 1.63. The zero-order chi connectivity index (χ0) is 40.5. The third-order valence-corrected chi connectivity index (χ3v) is 6.77. The van der Waals surface area contributed by atoms with Gasteiger partial charge in [-0.25, -0.2) is 9.59 Å². The van der Waals surface area contributed by atoms with Crippen molar-refractivity contribution in [2.45, 2.75) is 97.7 Å². The maximum Gasteiger partial charge on any atom is 0.534 e. The number of hydrogen-bond acceptors (Lipinski definition) is 20. The van der Waals surface area contributed by atoms with E-state index < -0.39 is 67.3 Å². The molecule has 2 aliphatic rings. The second kappa shape index (κ2) is 28.1. The number of ether oxygens (including phenoxy) is 8. The van der Waals surface area contributed by atoms with Gasteiger partial charge in [-0.3, -0.25) is 48.0 Å². The fourth-order valence-corrected chi connectivity index (χ4v) is 3.84. The van der Waals surface area contributed by atoms with E-state index in [2.05, 4.69) is 19.1 Å². The molecule has 0 unspecified atom stereocenters. The van der Waals surface area contributed by atoms with Gasteiger partial charge in [0.25, 0.3) is 23.6 Å². The normalized spacial score (nSPS) is 13.4. The number of amides is 4. The zero-order valence-corrected chi connectivity index (χ0v) is 30.5. The first-order valence-corrected chi connectivity index (χ1v) is 16.8. The monoisotopic (exact) mass is 794 g/mol. The van der Waals surface area contributed by atoms with Gasteiger partial charge in [0, 0.05) is 64.6 Å². The minimum absolute atomic E-state index is 0. The van der Waals surface area contributed by atoms with Gasteiger partial charge in [0.15, 0.2) is 0 Å². The molecule has 0 N–H and O–H groups in total. The van der Waals surface area contributed by atoms with Crippen LogP contribution >= 0.6 is 0 Å². The lowest BCUT2D eigenvalue weighted by molar-refractivity contribution is -0.179. The molecule has 55 heavy (non-hydrogen) atoms. The van der Waals surface area contributed by atoms with Crippen LogP contribution in [0.2, 0.25) is 0 Å². The molecule has 0 saturated carbocycles. The molecule has 0 atom stereocenters. The van der Waals surface area contributed by atoms with Crippen molar-refractivity contribution in [2.75, 3.05) is 53.9 Å². The molecular formula is C33H50N2O20. The molecule has 0 aromatic carbocycles. The number of nitrogens with zero attached hydrogens (tertiary/aromatic N) is 2. The van der Waals surface area contributed by atoms with Crippen LogP contribution in [0.4, 0.5) is 9.59 Å². The second-order valence-corrected chi connectivity index (χ2v) is 10.9. The maximum absolute atomic E-state index is 11.8. The van der Waals surface area contributed by atoms with Crippen molar-refractivity contribution >= 4 is 59.8 Å². The molecule has 4 amide bonds. The molecule has 2 rings (SSSR count). The molecule has 2 heterocycles. The fourth-order valence-electron chi connectivity index (χ4n) is 3.84. The Morgan fingerprint density at radius 1 is 0.527 bits per heavy atom. The Bertz CT molecular complexity index is 1210. The van der Waals surface area contributed by atoms with E-state index in [-0.39, 0.29) is 120 Å². The highest BCUT2D eigenvalue weighted by Crippen LogP contribution is 2.14. The molecule has 22 heteroatoms. The van der Waals surface area contributed by atoms with Gasteiger partial charge in [-0.1, -0.05) is 31.4 Å². The van der Waals surface area contributed by atoms with Crippen molar-refractivity contribution in [2.24, 2.45) is 0 Å². The topological polar surface area (TPSA) is 269 Å². The number of carbonyl (C=O) groups excluding carboxylic acids is 10. The molecule has 22 nitrogen and oxygen atoms in total. The molecule has 0 aliphatic carbocycles. The van der Waals surface area contributed by atoms with Gasteiger partial charge in [-0.15, -0.1) is 0 Å². The molecule has 0 spiro atoms. The van der Waals surface area contributed by atoms with Crippen LogP contribution in [0, 0.1) is 0 Å². The molecule has 2 saturated heterocycles. The van der Waals surface area contributed by atoms with Crippen molar-refractivity contribution < 1.29 is 95.5 Å². The van der Waals surface area contributed by atoms with E-state index in [1.807, 2.05) is 0 Å². The molecule has 2 aliphatic heterocycles. The highest BCUT2D eigenvalue weighted by atomic mass is 16.8. The molecule has 0 bridgehead atoms. The average molecular weight is 795 g/mol. The number of carbonyl (C=O) groups is 10. The van der Waals surface area contributed by atoms with Crippen LogP contribution in [0.1, 0.15) is 85.5 Å². The second-order valence-electron chi connectivity index (χ2n) is 10.9. The van der Waals surface area contributed by atoms with Crippen molar-refractivity contribution in [3.63, 3.8) is 0 Å². The fraction of sp³-hybridized carbons (Fsp3) is 0.697. The van der Waals surface area contributed by atoms with Crippen molar-refractivity contribution in [3.8, 4) is 0 Å². The molecule has 0 aromatic rings. The highest BCUT2D eigenvalue weighted by Gasteiger charge is 2.35. The first-order chi connectivity index (χ1) is 25.7. The molecular weight excluding hydrogens is 744 g/mol. The SMILES string of the molecule is C.CCC(=O)OCC(COC(=O)CC)OCCCC(=O)OC.COC(=O)CCCOC(COC(=O)ON1C(=O)CCC1=O)COC(=O)ON1C(=O)CCC1=O. The quantitative estimate of drug-likeness (QED) is 0.0652. The lowest BCUT2D eigenvalue weighted by Crippen LogP contribution is -2.36. The van der Waals surface area contributed by atoms with Gasteiger partial charge < -0.3 is 37.9 Å². The average Bonchev–Trinajstić information content (AvgIpc) is 3.66. The lowest BCUT2D eigenvalue weighted by atomic mass is 10.3. The summed E-state index contributed by atoms with van der Waals surface area (Å²) in [6.45, 7) is 2.58. The van der Waals surface area contributed by atoms with Crippen molar-refractivity contribution in [1.82, 2.24) is 10.1 Å². The Hall–Kier alpha value is -5.38. The van der Waals surface area contributed by atoms with E-state index in [1.165, 1.54) is 14.2 Å². The van der Waals surface area contributed by atoms with Crippen LogP contribution < -0.4 is 0 Å². The summed E-state index contributed by atoms with van der Waals surface area (Å²) in [6, 6.07) is 0. The summed E-state index contributed by atoms with van der Waals surface area (Å²) in [5, 5.41) is 0.568. The molecule has 2 fully saturated rings. The Balaban J connectivity index is 0.00000115. The number of rotatable bonds is 22. The summed E-state index contributed by atoms with van der Waals surface area (Å²) in [4.78, 5) is 123. The van der Waals surface area contributed by atoms with Gasteiger partial charge >= 0.3 is 36.2 Å². The lowest BCUT2D eigenvalue weighted by Gasteiger charge is -2.19. The van der Waals surface area contributed by atoms with E-state index in [1.54, 1.807) is 13.8 Å². The summed E-state index contributed by atoms with van der Waals surface area (Å²) >= 11 is 0. The summed E-state index contributed by atoms with van der Waals surface area (Å²) < 4.78 is 39.4. The Kier molecular flexibility index (Phi) is 25.4. The Morgan fingerprint density at radius 3 is 1.13 bits per heavy atom. The molecule has 312 valence electrons. The van der Waals surface area contributed by atoms with E-state index in [4.69, 9.17) is 28.4 Å². The number of hydroxylamine groups is 4. The number of imide groups is 2. The summed E-state index contributed by atoms with van der Waals surface area (Å²) in [5.41, 5.74) is 0. The number of hydrogen-bond donors (Lipinski definition) is 0. The van der Waals surface area contributed by atoms with Crippen LogP contribution in [0.5, 0.6) is 0 Å². The number of methoxy groups -OCH3 is 2. The zero-order valence-electron chi connectivity index (χ0n) is 30.5. The Morgan fingerprint density at radius 2 is 0.836 bits per heavy atom. The van der Waals surface area contributed by atoms with Gasteiger partial charge in [0.2, 0.25) is 0 Å². The van der Waals surface area contributed by atoms with Gasteiger partial charge in [-0.2, -0.15) is 0 Å². The van der Waals surface area contributed by atoms with Gasteiger partial charge in [0.1, 0.15) is 38.6 Å². The maximum atomic E-state index is 11.8. The van der Waals surface area contributed by atoms with E-state index in [9.17, 15) is 47.9 Å². The first kappa shape index (κ1) is 49.6. The van der Waals surface area contributed by atoms with Crippen molar-refractivity contribution in [1.29, 1.82) is 0 Å². The standard InChI is InChI=1S/C18H22N2O13.C14H24O7.CH4/c1-28-16(25)3-2-8-29-11(9-30-17(26)32-19-12(21)4-5-13(19)22)10-31-18(27)33-20-14(23)6-7-15(20)24;1-4-12(15)20-9-11(10-21-13(16)5-2)19-8-6-7-14(17)18-3;/h11H,2-10H2,1H3;11H,4-10H2,1-3H3;1H4. The van der Waals surface area contributed by atoms with Crippen LogP contribution in [-0.4, -0.2) is 136 Å². The highest BCUT2D eigenvalue weighted by molar-refractivity contribution is 6.02. The van der Waals surface area contributed by atoms with E-state index >= 15 is 0 Å². The Labute approximate surface area is 317 Å². The third-order valence-electron chi connectivity index (χ3n) is 6.77. The van der Waals surface area contributed by atoms with E-state index in [0.29, 0.717) is 6.42 Å². The number of esters is 4. The van der Waals surface area contributed by atoms with Crippen LogP contribution in [0.25, 0.3) is 0 Å². The third kappa shape index (κ3) is 21.2. The first-order valence-electron chi connectivity index (χ1n) is 16.8. The van der Waals surface area contributed by atoms with Gasteiger partial charge in [0.05, 0.1) is 14.2 Å². The summed E-state index contributed by atoms with van der Waals surface area (Å²) in [5.74, 6) is -4.30. The largest absolute Gasteiger partial charge is 0.534 e. The minimum atomic E-state index is -1.38. The molecule has 0 aromatic heterocycles. The summed E-state index contributed by atoms with van der Waals surface area (Å²) in [6.07, 6.45) is -3.26. The van der Waals surface area contributed by atoms with Crippen LogP contribution in [0.15, 0.2) is 0 Å². The van der Waals surface area contributed by atoms with Crippen LogP contribution in [0.3, 0.4) is 0 Å². The van der Waals surface area contributed by atoms with Crippen molar-refractivity contribution in [3.05, 3.63) is 0 Å². The van der Waals surface area contributed by atoms with E-state index in [0.717, 1.165) is 0 Å². The smallest absolute Gasteiger partial charge is 0.469 e. The predicted molar refractivity (Wildman–Crippen MR) is 178 cm³/mol.